The SMILES string of the molecule is CCOC(=O)C[C@@H]1C[C@@H](CC)CN(C(C)c2c[nH]c3ccccc23)C1=O. The number of aromatic nitrogens is 1. The standard InChI is InChI=1S/C21H28N2O3/c1-4-15-10-16(11-20(24)26-5-2)21(25)23(13-15)14(3)18-12-22-19-9-7-6-8-17(18)19/h6-9,12,14-16,22H,4-5,10-11,13H2,1-3H3/t14?,15-,16+/m1/s1. The number of carbonyl (C=O) groups excluding carboxylic acids is 2. The Kier molecular flexibility index (Phi) is 5.64. The summed E-state index contributed by atoms with van der Waals surface area (Å²) >= 11 is 0. The molecule has 1 aromatic heterocycles. The first-order chi connectivity index (χ1) is 12.5. The Balaban J connectivity index is 1.84. The van der Waals surface area contributed by atoms with Crippen LogP contribution in [0.4, 0.5) is 0 Å². The second-order valence-electron chi connectivity index (χ2n) is 7.17. The van der Waals surface area contributed by atoms with E-state index in [4.69, 9.17) is 4.74 Å². The first-order valence-corrected chi connectivity index (χ1v) is 9.57. The van der Waals surface area contributed by atoms with Gasteiger partial charge in [0.15, 0.2) is 0 Å². The monoisotopic (exact) mass is 356 g/mol. The van der Waals surface area contributed by atoms with Crippen molar-refractivity contribution < 1.29 is 14.3 Å². The lowest BCUT2D eigenvalue weighted by Crippen LogP contribution is -2.47. The van der Waals surface area contributed by atoms with E-state index < -0.39 is 0 Å². The predicted octanol–water partition coefficient (Wildman–Crippen LogP) is 4.06. The van der Waals surface area contributed by atoms with Gasteiger partial charge in [0.2, 0.25) is 5.91 Å². The van der Waals surface area contributed by atoms with Crippen molar-refractivity contribution in [1.29, 1.82) is 0 Å². The number of H-pyrrole nitrogens is 1. The Hall–Kier alpha value is -2.30. The zero-order valence-electron chi connectivity index (χ0n) is 15.8. The van der Waals surface area contributed by atoms with Crippen LogP contribution in [-0.4, -0.2) is 34.9 Å². The summed E-state index contributed by atoms with van der Waals surface area (Å²) in [6.45, 7) is 7.12. The number of piperidine rings is 1. The average Bonchev–Trinajstić information content (AvgIpc) is 3.07. The predicted molar refractivity (Wildman–Crippen MR) is 102 cm³/mol. The zero-order chi connectivity index (χ0) is 18.7. The molecule has 3 atom stereocenters. The highest BCUT2D eigenvalue weighted by Crippen LogP contribution is 2.35. The molecule has 0 saturated carbocycles. The number of ether oxygens (including phenoxy) is 1. The Morgan fingerprint density at radius 1 is 1.35 bits per heavy atom. The van der Waals surface area contributed by atoms with Crippen LogP contribution >= 0.6 is 0 Å². The van der Waals surface area contributed by atoms with E-state index >= 15 is 0 Å². The average molecular weight is 356 g/mol. The molecule has 3 rings (SSSR count). The van der Waals surface area contributed by atoms with Gasteiger partial charge in [0.25, 0.3) is 0 Å². The molecule has 1 unspecified atom stereocenters. The van der Waals surface area contributed by atoms with Crippen LogP contribution in [0.2, 0.25) is 0 Å². The van der Waals surface area contributed by atoms with Gasteiger partial charge in [-0.05, 0) is 37.8 Å². The summed E-state index contributed by atoms with van der Waals surface area (Å²) in [6, 6.07) is 8.12. The molecule has 5 heteroatoms. The van der Waals surface area contributed by atoms with Crippen LogP contribution in [0.25, 0.3) is 10.9 Å². The molecule has 2 aromatic rings. The number of amides is 1. The molecule has 140 valence electrons. The highest BCUT2D eigenvalue weighted by Gasteiger charge is 2.37. The normalized spacial score (nSPS) is 21.8. The van der Waals surface area contributed by atoms with Crippen LogP contribution in [-0.2, 0) is 14.3 Å². The smallest absolute Gasteiger partial charge is 0.306 e. The first-order valence-electron chi connectivity index (χ1n) is 9.57. The molecule has 2 heterocycles. The molecule has 1 saturated heterocycles. The van der Waals surface area contributed by atoms with Crippen LogP contribution < -0.4 is 0 Å². The quantitative estimate of drug-likeness (QED) is 0.794. The van der Waals surface area contributed by atoms with E-state index in [0.29, 0.717) is 12.5 Å². The Morgan fingerprint density at radius 3 is 2.85 bits per heavy atom. The van der Waals surface area contributed by atoms with Crippen molar-refractivity contribution in [1.82, 2.24) is 9.88 Å². The number of esters is 1. The zero-order valence-corrected chi connectivity index (χ0v) is 15.8. The Labute approximate surface area is 154 Å². The van der Waals surface area contributed by atoms with Gasteiger partial charge in [-0.15, -0.1) is 0 Å². The summed E-state index contributed by atoms with van der Waals surface area (Å²) < 4.78 is 5.07. The summed E-state index contributed by atoms with van der Waals surface area (Å²) in [5.74, 6) is -0.0666. The van der Waals surface area contributed by atoms with Crippen LogP contribution in [0, 0.1) is 11.8 Å². The second-order valence-corrected chi connectivity index (χ2v) is 7.17. The molecular weight excluding hydrogens is 328 g/mol. The van der Waals surface area contributed by atoms with E-state index in [9.17, 15) is 9.59 Å². The van der Waals surface area contributed by atoms with Crippen molar-refractivity contribution in [2.45, 2.75) is 46.1 Å². The van der Waals surface area contributed by atoms with Gasteiger partial charge in [0.05, 0.1) is 19.1 Å². The van der Waals surface area contributed by atoms with Crippen molar-refractivity contribution in [3.63, 3.8) is 0 Å². The number of benzene rings is 1. The summed E-state index contributed by atoms with van der Waals surface area (Å²) in [6.07, 6.45) is 3.95. The maximum atomic E-state index is 13.1. The molecule has 1 aliphatic heterocycles. The van der Waals surface area contributed by atoms with Gasteiger partial charge in [0, 0.05) is 29.6 Å². The van der Waals surface area contributed by atoms with Gasteiger partial charge in [-0.25, -0.2) is 0 Å². The minimum atomic E-state index is -0.277. The minimum Gasteiger partial charge on any atom is -0.466 e. The van der Waals surface area contributed by atoms with E-state index in [2.05, 4.69) is 24.9 Å². The van der Waals surface area contributed by atoms with Gasteiger partial charge in [-0.2, -0.15) is 0 Å². The van der Waals surface area contributed by atoms with Gasteiger partial charge < -0.3 is 14.6 Å². The van der Waals surface area contributed by atoms with Crippen LogP contribution in [0.1, 0.15) is 51.6 Å². The maximum absolute atomic E-state index is 13.1. The van der Waals surface area contributed by atoms with Crippen LogP contribution in [0.5, 0.6) is 0 Å². The number of nitrogens with zero attached hydrogens (tertiary/aromatic N) is 1. The fraction of sp³-hybridized carbons (Fsp3) is 0.524. The molecule has 1 aromatic carbocycles. The molecule has 0 radical (unpaired) electrons. The molecule has 0 bridgehead atoms. The lowest BCUT2D eigenvalue weighted by atomic mass is 9.84. The number of nitrogens with one attached hydrogen (secondary N) is 1. The Morgan fingerprint density at radius 2 is 2.12 bits per heavy atom. The van der Waals surface area contributed by atoms with E-state index in [1.54, 1.807) is 6.92 Å². The number of carbonyl (C=O) groups is 2. The van der Waals surface area contributed by atoms with E-state index in [0.717, 1.165) is 35.9 Å². The van der Waals surface area contributed by atoms with Gasteiger partial charge in [0.1, 0.15) is 0 Å². The number of hydrogen-bond acceptors (Lipinski definition) is 3. The van der Waals surface area contributed by atoms with Crippen molar-refractivity contribution in [3.05, 3.63) is 36.0 Å². The third-order valence-electron chi connectivity index (χ3n) is 5.54. The lowest BCUT2D eigenvalue weighted by Gasteiger charge is -2.40. The number of fused-ring (bicyclic) bond motifs is 1. The van der Waals surface area contributed by atoms with E-state index in [1.807, 2.05) is 29.3 Å². The van der Waals surface area contributed by atoms with Crippen LogP contribution in [0.3, 0.4) is 0 Å². The topological polar surface area (TPSA) is 62.4 Å². The first kappa shape index (κ1) is 18.5. The minimum absolute atomic E-state index is 0.0299. The molecule has 1 aliphatic rings. The number of aromatic amines is 1. The van der Waals surface area contributed by atoms with Crippen molar-refractivity contribution in [2.24, 2.45) is 11.8 Å². The molecule has 0 aliphatic carbocycles. The largest absolute Gasteiger partial charge is 0.466 e. The highest BCUT2D eigenvalue weighted by molar-refractivity contribution is 5.87. The third-order valence-corrected chi connectivity index (χ3v) is 5.54. The Bertz CT molecular complexity index is 782. The van der Waals surface area contributed by atoms with Crippen LogP contribution in [0.15, 0.2) is 30.5 Å². The molecule has 0 spiro atoms. The molecule has 26 heavy (non-hydrogen) atoms. The number of rotatable bonds is 6. The molecule has 1 N–H and O–H groups in total. The van der Waals surface area contributed by atoms with E-state index in [1.165, 1.54) is 0 Å². The fourth-order valence-electron chi connectivity index (χ4n) is 4.02. The third kappa shape index (κ3) is 3.62. The molecular formula is C21H28N2O3. The molecule has 1 amide bonds. The number of likely N-dealkylation sites (tertiary alicyclic amines) is 1. The van der Waals surface area contributed by atoms with Crippen molar-refractivity contribution in [3.8, 4) is 0 Å². The van der Waals surface area contributed by atoms with Gasteiger partial charge in [-0.1, -0.05) is 31.5 Å². The van der Waals surface area contributed by atoms with Crippen molar-refractivity contribution >= 4 is 22.8 Å². The summed E-state index contributed by atoms with van der Waals surface area (Å²) in [4.78, 5) is 30.3. The maximum Gasteiger partial charge on any atom is 0.306 e. The summed E-state index contributed by atoms with van der Waals surface area (Å²) in [7, 11) is 0. The second kappa shape index (κ2) is 7.94. The number of hydrogen-bond donors (Lipinski definition) is 1. The molecule has 5 nitrogen and oxygen atoms in total. The molecule has 1 fully saturated rings. The van der Waals surface area contributed by atoms with Gasteiger partial charge in [-0.3, -0.25) is 9.59 Å². The fourth-order valence-corrected chi connectivity index (χ4v) is 4.02. The lowest BCUT2D eigenvalue weighted by molar-refractivity contribution is -0.152. The summed E-state index contributed by atoms with van der Waals surface area (Å²) in [5.41, 5.74) is 2.20. The van der Waals surface area contributed by atoms with Crippen molar-refractivity contribution in [2.75, 3.05) is 13.2 Å². The van der Waals surface area contributed by atoms with E-state index in [-0.39, 0.29) is 30.3 Å². The van der Waals surface area contributed by atoms with Gasteiger partial charge >= 0.3 is 5.97 Å². The number of para-hydroxylation sites is 1. The summed E-state index contributed by atoms with van der Waals surface area (Å²) in [5, 5.41) is 1.15. The highest BCUT2D eigenvalue weighted by atomic mass is 16.5.